The first-order valence-electron chi connectivity index (χ1n) is 7.72. The molecule has 0 fully saturated rings. The normalized spacial score (nSPS) is 10.8. The van der Waals surface area contributed by atoms with E-state index in [2.05, 4.69) is 0 Å². The summed E-state index contributed by atoms with van der Waals surface area (Å²) >= 11 is 0. The molecule has 0 aliphatic heterocycles. The van der Waals surface area contributed by atoms with Gasteiger partial charge in [-0.3, -0.25) is 0 Å². The van der Waals surface area contributed by atoms with E-state index in [1.54, 1.807) is 6.07 Å². The van der Waals surface area contributed by atoms with Crippen LogP contribution >= 0.6 is 0 Å². The minimum atomic E-state index is -0.591. The third-order valence-electron chi connectivity index (χ3n) is 3.87. The molecule has 0 bridgehead atoms. The van der Waals surface area contributed by atoms with E-state index in [0.29, 0.717) is 22.9 Å². The number of ether oxygens (including phenoxy) is 1. The smallest absolute Gasteiger partial charge is 0.338 e. The van der Waals surface area contributed by atoms with E-state index < -0.39 is 11.6 Å². The fraction of sp³-hybridized carbons (Fsp3) is 0.158. The van der Waals surface area contributed by atoms with Crippen molar-refractivity contribution in [2.75, 3.05) is 0 Å². The molecule has 6 nitrogen and oxygen atoms in total. The van der Waals surface area contributed by atoms with Crippen molar-refractivity contribution in [3.8, 4) is 11.5 Å². The van der Waals surface area contributed by atoms with Gasteiger partial charge >= 0.3 is 11.6 Å². The Balaban J connectivity index is 1.91. The molecule has 0 saturated carbocycles. The number of fused-ring (bicyclic) bond motifs is 1. The maximum atomic E-state index is 12.1. The average molecular weight is 340 g/mol. The molecular formula is C19H16O6. The van der Waals surface area contributed by atoms with Gasteiger partial charge in [0.15, 0.2) is 0 Å². The van der Waals surface area contributed by atoms with E-state index in [4.69, 9.17) is 9.15 Å². The van der Waals surface area contributed by atoms with Gasteiger partial charge < -0.3 is 19.4 Å². The Morgan fingerprint density at radius 1 is 1.08 bits per heavy atom. The highest BCUT2D eigenvalue weighted by Gasteiger charge is 2.13. The van der Waals surface area contributed by atoms with Crippen LogP contribution in [-0.2, 0) is 17.8 Å². The molecule has 6 heteroatoms. The number of benzene rings is 2. The second-order valence-corrected chi connectivity index (χ2v) is 5.54. The summed E-state index contributed by atoms with van der Waals surface area (Å²) in [5, 5.41) is 19.8. The third-order valence-corrected chi connectivity index (χ3v) is 3.87. The average Bonchev–Trinajstić information content (AvgIpc) is 2.59. The number of aryl methyl sites for hydroxylation is 1. The van der Waals surface area contributed by atoms with Crippen molar-refractivity contribution in [2.45, 2.75) is 20.0 Å². The lowest BCUT2D eigenvalue weighted by molar-refractivity contribution is 0.0474. The second kappa shape index (κ2) is 6.68. The van der Waals surface area contributed by atoms with Gasteiger partial charge in [0.25, 0.3) is 0 Å². The van der Waals surface area contributed by atoms with E-state index in [0.717, 1.165) is 0 Å². The van der Waals surface area contributed by atoms with E-state index in [9.17, 15) is 19.8 Å². The van der Waals surface area contributed by atoms with Crippen LogP contribution in [0, 0.1) is 0 Å². The number of phenols is 2. The zero-order valence-electron chi connectivity index (χ0n) is 13.5. The Morgan fingerprint density at radius 2 is 1.80 bits per heavy atom. The van der Waals surface area contributed by atoms with E-state index in [1.807, 2.05) is 6.92 Å². The van der Waals surface area contributed by atoms with Crippen LogP contribution in [0.1, 0.15) is 28.4 Å². The molecule has 3 rings (SSSR count). The molecule has 0 unspecified atom stereocenters. The molecule has 0 atom stereocenters. The number of aromatic hydroxyl groups is 2. The topological polar surface area (TPSA) is 97.0 Å². The lowest BCUT2D eigenvalue weighted by atomic mass is 10.0. The first kappa shape index (κ1) is 16.6. The molecule has 3 aromatic rings. The van der Waals surface area contributed by atoms with E-state index >= 15 is 0 Å². The van der Waals surface area contributed by atoms with Gasteiger partial charge in [0, 0.05) is 23.1 Å². The largest absolute Gasteiger partial charge is 0.508 e. The SMILES string of the molecule is CCc1cc2c(COC(=O)c3ccc(O)cc3)cc(=O)oc2cc1O. The summed E-state index contributed by atoms with van der Waals surface area (Å²) in [7, 11) is 0. The lowest BCUT2D eigenvalue weighted by Gasteiger charge is -2.09. The Bertz CT molecular complexity index is 985. The summed E-state index contributed by atoms with van der Waals surface area (Å²) in [6.07, 6.45) is 0.605. The Morgan fingerprint density at radius 3 is 2.48 bits per heavy atom. The molecule has 0 aliphatic rings. The zero-order valence-corrected chi connectivity index (χ0v) is 13.5. The van der Waals surface area contributed by atoms with Crippen molar-refractivity contribution in [1.82, 2.24) is 0 Å². The Labute approximate surface area is 142 Å². The van der Waals surface area contributed by atoms with Gasteiger partial charge in [-0.1, -0.05) is 6.92 Å². The maximum Gasteiger partial charge on any atom is 0.338 e. The first-order chi connectivity index (χ1) is 12.0. The molecule has 0 aliphatic carbocycles. The predicted octanol–water partition coefficient (Wildman–Crippen LogP) is 3.12. The van der Waals surface area contributed by atoms with Crippen LogP contribution in [0.3, 0.4) is 0 Å². The minimum absolute atomic E-state index is 0.0510. The Kier molecular flexibility index (Phi) is 4.43. The fourth-order valence-corrected chi connectivity index (χ4v) is 2.53. The van der Waals surface area contributed by atoms with Crippen LogP contribution in [-0.4, -0.2) is 16.2 Å². The number of phenolic OH excluding ortho intramolecular Hbond substituents is 2. The van der Waals surface area contributed by atoms with Gasteiger partial charge in [-0.15, -0.1) is 0 Å². The van der Waals surface area contributed by atoms with Crippen molar-refractivity contribution in [3.63, 3.8) is 0 Å². The molecule has 1 heterocycles. The zero-order chi connectivity index (χ0) is 18.0. The summed E-state index contributed by atoms with van der Waals surface area (Å²) in [6.45, 7) is 1.78. The van der Waals surface area contributed by atoms with Gasteiger partial charge in [-0.05, 0) is 42.3 Å². The minimum Gasteiger partial charge on any atom is -0.508 e. The van der Waals surface area contributed by atoms with Crippen LogP contribution in [0.4, 0.5) is 0 Å². The molecule has 0 spiro atoms. The van der Waals surface area contributed by atoms with Crippen LogP contribution < -0.4 is 5.63 Å². The summed E-state index contributed by atoms with van der Waals surface area (Å²) in [4.78, 5) is 23.8. The third kappa shape index (κ3) is 3.47. The number of hydrogen-bond donors (Lipinski definition) is 2. The molecule has 0 radical (unpaired) electrons. The van der Waals surface area contributed by atoms with Crippen molar-refractivity contribution in [3.05, 3.63) is 69.6 Å². The summed E-state index contributed by atoms with van der Waals surface area (Å²) in [5.74, 6) is -0.470. The summed E-state index contributed by atoms with van der Waals surface area (Å²) < 4.78 is 10.4. The summed E-state index contributed by atoms with van der Waals surface area (Å²) in [6, 6.07) is 10.0. The van der Waals surface area contributed by atoms with Crippen molar-refractivity contribution in [1.29, 1.82) is 0 Å². The van der Waals surface area contributed by atoms with Crippen molar-refractivity contribution >= 4 is 16.9 Å². The molecule has 25 heavy (non-hydrogen) atoms. The number of hydrogen-bond acceptors (Lipinski definition) is 6. The molecule has 0 amide bonds. The monoisotopic (exact) mass is 340 g/mol. The molecule has 128 valence electrons. The van der Waals surface area contributed by atoms with Crippen LogP contribution in [0.25, 0.3) is 11.0 Å². The highest BCUT2D eigenvalue weighted by Crippen LogP contribution is 2.27. The lowest BCUT2D eigenvalue weighted by Crippen LogP contribution is -2.08. The van der Waals surface area contributed by atoms with Crippen LogP contribution in [0.5, 0.6) is 11.5 Å². The van der Waals surface area contributed by atoms with E-state index in [-0.39, 0.29) is 29.3 Å². The highest BCUT2D eigenvalue weighted by molar-refractivity contribution is 5.90. The maximum absolute atomic E-state index is 12.1. The van der Waals surface area contributed by atoms with Gasteiger partial charge in [0.2, 0.25) is 0 Å². The fourth-order valence-electron chi connectivity index (χ4n) is 2.53. The number of esters is 1. The second-order valence-electron chi connectivity index (χ2n) is 5.54. The molecular weight excluding hydrogens is 324 g/mol. The first-order valence-corrected chi connectivity index (χ1v) is 7.72. The number of rotatable bonds is 4. The van der Waals surface area contributed by atoms with Gasteiger partial charge in [-0.25, -0.2) is 9.59 Å². The molecule has 2 N–H and O–H groups in total. The summed E-state index contributed by atoms with van der Waals surface area (Å²) in [5.41, 5.74) is 1.13. The number of carbonyl (C=O) groups is 1. The highest BCUT2D eigenvalue weighted by atomic mass is 16.5. The standard InChI is InChI=1S/C19H16O6/c1-2-11-7-15-13(8-18(22)25-17(15)9-16(11)21)10-24-19(23)12-3-5-14(20)6-4-12/h3-9,20-21H,2,10H2,1H3. The van der Waals surface area contributed by atoms with Crippen LogP contribution in [0.15, 0.2) is 51.7 Å². The van der Waals surface area contributed by atoms with Gasteiger partial charge in [0.1, 0.15) is 23.7 Å². The van der Waals surface area contributed by atoms with Crippen LogP contribution in [0.2, 0.25) is 0 Å². The quantitative estimate of drug-likeness (QED) is 0.559. The molecule has 2 aromatic carbocycles. The van der Waals surface area contributed by atoms with E-state index in [1.165, 1.54) is 36.4 Å². The number of carbonyl (C=O) groups excluding carboxylic acids is 1. The Hall–Kier alpha value is -3.28. The molecule has 0 saturated heterocycles. The van der Waals surface area contributed by atoms with Gasteiger partial charge in [0.05, 0.1) is 5.56 Å². The predicted molar refractivity (Wildman–Crippen MR) is 90.8 cm³/mol. The van der Waals surface area contributed by atoms with Crippen molar-refractivity contribution < 1.29 is 24.2 Å². The van der Waals surface area contributed by atoms with Gasteiger partial charge in [-0.2, -0.15) is 0 Å². The van der Waals surface area contributed by atoms with Crippen molar-refractivity contribution in [2.24, 2.45) is 0 Å². The molecule has 1 aromatic heterocycles.